The van der Waals surface area contributed by atoms with Crippen molar-refractivity contribution in [3.05, 3.63) is 45.6 Å². The van der Waals surface area contributed by atoms with E-state index >= 15 is 0 Å². The Morgan fingerprint density at radius 2 is 1.46 bits per heavy atom. The van der Waals surface area contributed by atoms with Crippen LogP contribution < -0.4 is 14.2 Å². The molecule has 0 saturated heterocycles. The second-order valence-corrected chi connectivity index (χ2v) is 7.24. The van der Waals surface area contributed by atoms with Gasteiger partial charge in [-0.2, -0.15) is 0 Å². The summed E-state index contributed by atoms with van der Waals surface area (Å²) >= 11 is 7.06. The zero-order valence-electron chi connectivity index (χ0n) is 14.8. The van der Waals surface area contributed by atoms with Crippen LogP contribution in [0.4, 0.5) is 0 Å². The Bertz CT molecular complexity index is 929. The van der Waals surface area contributed by atoms with Crippen LogP contribution in [0.3, 0.4) is 0 Å². The monoisotopic (exact) mass is 480 g/mol. The number of benzene rings is 2. The molecular formula is C19H18Br2N2O3. The third-order valence-electron chi connectivity index (χ3n) is 4.08. The number of halogens is 2. The van der Waals surface area contributed by atoms with Crippen LogP contribution in [-0.4, -0.2) is 30.9 Å². The average molecular weight is 482 g/mol. The first-order valence-electron chi connectivity index (χ1n) is 7.77. The highest BCUT2D eigenvalue weighted by Gasteiger charge is 2.18. The lowest BCUT2D eigenvalue weighted by Crippen LogP contribution is -1.96. The minimum absolute atomic E-state index is 0.697. The number of aryl methyl sites for hydroxylation is 1. The van der Waals surface area contributed by atoms with Crippen LogP contribution in [0.15, 0.2) is 45.6 Å². The molecule has 0 aliphatic rings. The highest BCUT2D eigenvalue weighted by molar-refractivity contribution is 9.11. The lowest BCUT2D eigenvalue weighted by atomic mass is 10.0. The van der Waals surface area contributed by atoms with Crippen LogP contribution in [0.1, 0.15) is 0 Å². The summed E-state index contributed by atoms with van der Waals surface area (Å²) in [5.74, 6) is 2.17. The van der Waals surface area contributed by atoms with Gasteiger partial charge in [-0.05, 0) is 62.2 Å². The second-order valence-electron chi connectivity index (χ2n) is 5.60. The smallest absolute Gasteiger partial charge is 0.137 e. The first-order chi connectivity index (χ1) is 12.5. The zero-order chi connectivity index (χ0) is 18.8. The van der Waals surface area contributed by atoms with E-state index in [-0.39, 0.29) is 0 Å². The molecule has 26 heavy (non-hydrogen) atoms. The van der Waals surface area contributed by atoms with Crippen LogP contribution in [0, 0.1) is 0 Å². The summed E-state index contributed by atoms with van der Waals surface area (Å²) in [4.78, 5) is 4.60. The zero-order valence-corrected chi connectivity index (χ0v) is 18.0. The molecule has 7 heteroatoms. The molecule has 3 rings (SSSR count). The maximum absolute atomic E-state index is 5.48. The molecule has 0 fully saturated rings. The van der Waals surface area contributed by atoms with E-state index in [1.54, 1.807) is 27.7 Å². The van der Waals surface area contributed by atoms with Gasteiger partial charge in [-0.15, -0.1) is 0 Å². The second kappa shape index (κ2) is 7.72. The van der Waals surface area contributed by atoms with E-state index < -0.39 is 0 Å². The summed E-state index contributed by atoms with van der Waals surface area (Å²) < 4.78 is 19.9. The number of ether oxygens (including phenoxy) is 3. The number of rotatable bonds is 5. The van der Waals surface area contributed by atoms with Crippen molar-refractivity contribution >= 4 is 31.9 Å². The molecule has 0 aliphatic heterocycles. The molecule has 2 aromatic carbocycles. The Kier molecular flexibility index (Phi) is 5.58. The molecule has 0 unspecified atom stereocenters. The van der Waals surface area contributed by atoms with Gasteiger partial charge in [-0.1, -0.05) is 0 Å². The molecule has 0 aliphatic carbocycles. The molecule has 0 N–H and O–H groups in total. The number of methoxy groups -OCH3 is 3. The van der Waals surface area contributed by atoms with Crippen molar-refractivity contribution in [2.75, 3.05) is 21.3 Å². The van der Waals surface area contributed by atoms with Crippen LogP contribution in [-0.2, 0) is 7.05 Å². The van der Waals surface area contributed by atoms with Crippen molar-refractivity contribution < 1.29 is 14.2 Å². The fourth-order valence-electron chi connectivity index (χ4n) is 2.80. The highest BCUT2D eigenvalue weighted by Crippen LogP contribution is 2.41. The topological polar surface area (TPSA) is 45.5 Å². The first kappa shape index (κ1) is 18.8. The third-order valence-corrected chi connectivity index (χ3v) is 5.48. The molecule has 0 amide bonds. The van der Waals surface area contributed by atoms with Gasteiger partial charge in [0.25, 0.3) is 0 Å². The van der Waals surface area contributed by atoms with Gasteiger partial charge < -0.3 is 18.8 Å². The first-order valence-corrected chi connectivity index (χ1v) is 9.35. The average Bonchev–Trinajstić information content (AvgIpc) is 3.03. The van der Waals surface area contributed by atoms with Crippen molar-refractivity contribution in [1.82, 2.24) is 9.55 Å². The van der Waals surface area contributed by atoms with Gasteiger partial charge in [0.2, 0.25) is 0 Å². The number of nitrogens with zero attached hydrogens (tertiary/aromatic N) is 2. The summed E-state index contributed by atoms with van der Waals surface area (Å²) in [6.45, 7) is 0. The highest BCUT2D eigenvalue weighted by atomic mass is 79.9. The molecule has 0 atom stereocenters. The quantitative estimate of drug-likeness (QED) is 0.495. The van der Waals surface area contributed by atoms with Gasteiger partial charge in [0.1, 0.15) is 21.7 Å². The molecule has 0 bridgehead atoms. The van der Waals surface area contributed by atoms with E-state index in [0.29, 0.717) is 11.5 Å². The Hall–Kier alpha value is -1.99. The third kappa shape index (κ3) is 3.33. The predicted molar refractivity (Wildman–Crippen MR) is 109 cm³/mol. The van der Waals surface area contributed by atoms with E-state index in [0.717, 1.165) is 37.2 Å². The lowest BCUT2D eigenvalue weighted by molar-refractivity contribution is 0.390. The van der Waals surface area contributed by atoms with Gasteiger partial charge in [0.15, 0.2) is 0 Å². The SMILES string of the molecule is COc1ccc(-c2ncn(C)c2-c2cc(OC)c(Br)c(OC)c2)cc1Br. The van der Waals surface area contributed by atoms with E-state index in [1.165, 1.54) is 0 Å². The summed E-state index contributed by atoms with van der Waals surface area (Å²) in [6.07, 6.45) is 1.80. The van der Waals surface area contributed by atoms with E-state index in [1.807, 2.05) is 41.9 Å². The van der Waals surface area contributed by atoms with Crippen molar-refractivity contribution in [1.29, 1.82) is 0 Å². The lowest BCUT2D eigenvalue weighted by Gasteiger charge is -2.13. The number of hydrogen-bond acceptors (Lipinski definition) is 4. The Morgan fingerprint density at radius 1 is 0.846 bits per heavy atom. The van der Waals surface area contributed by atoms with E-state index in [2.05, 4.69) is 36.8 Å². The molecule has 0 spiro atoms. The molecule has 1 aromatic heterocycles. The summed E-state index contributed by atoms with van der Waals surface area (Å²) in [5.41, 5.74) is 3.76. The number of aromatic nitrogens is 2. The summed E-state index contributed by atoms with van der Waals surface area (Å²) in [5, 5.41) is 0. The Balaban J connectivity index is 2.19. The Labute approximate surface area is 169 Å². The van der Waals surface area contributed by atoms with Gasteiger partial charge in [-0.25, -0.2) is 4.98 Å². The van der Waals surface area contributed by atoms with Gasteiger partial charge >= 0.3 is 0 Å². The fourth-order valence-corrected chi connectivity index (χ4v) is 3.89. The van der Waals surface area contributed by atoms with Crippen molar-refractivity contribution in [3.8, 4) is 39.8 Å². The molecule has 0 radical (unpaired) electrons. The summed E-state index contributed by atoms with van der Waals surface area (Å²) in [6, 6.07) is 9.83. The number of imidazole rings is 1. The Morgan fingerprint density at radius 3 is 2.00 bits per heavy atom. The van der Waals surface area contributed by atoms with Gasteiger partial charge in [-0.3, -0.25) is 0 Å². The van der Waals surface area contributed by atoms with Gasteiger partial charge in [0, 0.05) is 18.2 Å². The maximum Gasteiger partial charge on any atom is 0.137 e. The maximum atomic E-state index is 5.48. The molecule has 136 valence electrons. The number of hydrogen-bond donors (Lipinski definition) is 0. The van der Waals surface area contributed by atoms with Crippen molar-refractivity contribution in [2.45, 2.75) is 0 Å². The molecular weight excluding hydrogens is 464 g/mol. The van der Waals surface area contributed by atoms with Crippen LogP contribution in [0.25, 0.3) is 22.5 Å². The molecule has 1 heterocycles. The molecule has 0 saturated carbocycles. The molecule has 3 aromatic rings. The standard InChI is InChI=1S/C19H18Br2N2O3/c1-23-10-22-18(11-5-6-14(24-2)13(20)7-11)19(23)12-8-15(25-3)17(21)16(9-12)26-4/h5-10H,1-4H3. The van der Waals surface area contributed by atoms with Crippen molar-refractivity contribution in [3.63, 3.8) is 0 Å². The largest absolute Gasteiger partial charge is 0.496 e. The van der Waals surface area contributed by atoms with Crippen LogP contribution in [0.5, 0.6) is 17.2 Å². The minimum Gasteiger partial charge on any atom is -0.496 e. The van der Waals surface area contributed by atoms with E-state index in [4.69, 9.17) is 14.2 Å². The minimum atomic E-state index is 0.697. The fraction of sp³-hybridized carbons (Fsp3) is 0.211. The molecule has 5 nitrogen and oxygen atoms in total. The summed E-state index contributed by atoms with van der Waals surface area (Å²) in [7, 11) is 6.87. The van der Waals surface area contributed by atoms with Gasteiger partial charge in [0.05, 0.1) is 43.5 Å². The normalized spacial score (nSPS) is 10.7. The van der Waals surface area contributed by atoms with Crippen LogP contribution >= 0.6 is 31.9 Å². The predicted octanol–water partition coefficient (Wildman–Crippen LogP) is 5.30. The van der Waals surface area contributed by atoms with E-state index in [9.17, 15) is 0 Å². The van der Waals surface area contributed by atoms with Crippen molar-refractivity contribution in [2.24, 2.45) is 7.05 Å². The van der Waals surface area contributed by atoms with Crippen LogP contribution in [0.2, 0.25) is 0 Å².